The van der Waals surface area contributed by atoms with Crippen LogP contribution in [0.1, 0.15) is 28.1 Å². The van der Waals surface area contributed by atoms with Gasteiger partial charge in [-0.25, -0.2) is 0 Å². The number of rotatable bonds is 5. The SMILES string of the molecule is Nc1ccc2oc(C(=O)c3ccc(Cl)cc3)c(CCC(=O)O)c2c1. The van der Waals surface area contributed by atoms with Crippen molar-refractivity contribution in [3.63, 3.8) is 0 Å². The van der Waals surface area contributed by atoms with Gasteiger partial charge in [0.25, 0.3) is 0 Å². The van der Waals surface area contributed by atoms with E-state index in [2.05, 4.69) is 0 Å². The second-order valence-corrected chi connectivity index (χ2v) is 5.83. The van der Waals surface area contributed by atoms with E-state index in [0.717, 1.165) is 0 Å². The highest BCUT2D eigenvalue weighted by atomic mass is 35.5. The van der Waals surface area contributed by atoms with Gasteiger partial charge < -0.3 is 15.3 Å². The van der Waals surface area contributed by atoms with Gasteiger partial charge in [0.2, 0.25) is 5.78 Å². The molecular weight excluding hydrogens is 330 g/mol. The molecule has 3 aromatic rings. The number of hydrogen-bond acceptors (Lipinski definition) is 4. The molecule has 0 aliphatic carbocycles. The second-order valence-electron chi connectivity index (χ2n) is 5.40. The van der Waals surface area contributed by atoms with Gasteiger partial charge in [-0.2, -0.15) is 0 Å². The highest BCUT2D eigenvalue weighted by Crippen LogP contribution is 2.30. The van der Waals surface area contributed by atoms with Crippen molar-refractivity contribution in [3.05, 3.63) is 64.4 Å². The topological polar surface area (TPSA) is 93.5 Å². The fourth-order valence-electron chi connectivity index (χ4n) is 2.56. The van der Waals surface area contributed by atoms with E-state index in [0.29, 0.717) is 32.8 Å². The summed E-state index contributed by atoms with van der Waals surface area (Å²) in [4.78, 5) is 23.7. The van der Waals surface area contributed by atoms with Gasteiger partial charge >= 0.3 is 5.97 Å². The third kappa shape index (κ3) is 3.12. The molecule has 0 aliphatic heterocycles. The van der Waals surface area contributed by atoms with Crippen molar-refractivity contribution in [1.29, 1.82) is 0 Å². The van der Waals surface area contributed by atoms with Crippen LogP contribution in [-0.4, -0.2) is 16.9 Å². The summed E-state index contributed by atoms with van der Waals surface area (Å²) < 4.78 is 5.70. The van der Waals surface area contributed by atoms with E-state index >= 15 is 0 Å². The number of hydrogen-bond donors (Lipinski definition) is 2. The van der Waals surface area contributed by atoms with Crippen LogP contribution in [0.5, 0.6) is 0 Å². The molecule has 0 aliphatic rings. The fourth-order valence-corrected chi connectivity index (χ4v) is 2.69. The number of ketones is 1. The quantitative estimate of drug-likeness (QED) is 0.541. The first-order valence-corrected chi connectivity index (χ1v) is 7.66. The zero-order valence-corrected chi connectivity index (χ0v) is 13.3. The predicted molar refractivity (Wildman–Crippen MR) is 91.5 cm³/mol. The summed E-state index contributed by atoms with van der Waals surface area (Å²) in [5, 5.41) is 10.1. The van der Waals surface area contributed by atoms with Crippen molar-refractivity contribution in [1.82, 2.24) is 0 Å². The van der Waals surface area contributed by atoms with Crippen molar-refractivity contribution < 1.29 is 19.1 Å². The third-order valence-electron chi connectivity index (χ3n) is 3.72. The monoisotopic (exact) mass is 343 g/mol. The van der Waals surface area contributed by atoms with Crippen LogP contribution in [0, 0.1) is 0 Å². The lowest BCUT2D eigenvalue weighted by atomic mass is 10.00. The highest BCUT2D eigenvalue weighted by Gasteiger charge is 2.22. The molecule has 1 heterocycles. The van der Waals surface area contributed by atoms with Crippen molar-refractivity contribution >= 4 is 40.0 Å². The Morgan fingerprint density at radius 1 is 1.12 bits per heavy atom. The number of anilines is 1. The van der Waals surface area contributed by atoms with Crippen molar-refractivity contribution in [2.75, 3.05) is 5.73 Å². The highest BCUT2D eigenvalue weighted by molar-refractivity contribution is 6.30. The number of carboxylic acids is 1. The second kappa shape index (κ2) is 6.37. The Morgan fingerprint density at radius 2 is 1.83 bits per heavy atom. The zero-order chi connectivity index (χ0) is 17.3. The molecule has 0 amide bonds. The summed E-state index contributed by atoms with van der Waals surface area (Å²) in [7, 11) is 0. The van der Waals surface area contributed by atoms with E-state index in [9.17, 15) is 9.59 Å². The number of carbonyl (C=O) groups is 2. The maximum absolute atomic E-state index is 12.8. The van der Waals surface area contributed by atoms with Gasteiger partial charge in [0.1, 0.15) is 5.58 Å². The summed E-state index contributed by atoms with van der Waals surface area (Å²) in [6, 6.07) is 11.5. The molecule has 6 heteroatoms. The van der Waals surface area contributed by atoms with Gasteiger partial charge in [-0.3, -0.25) is 9.59 Å². The van der Waals surface area contributed by atoms with Crippen molar-refractivity contribution in [2.45, 2.75) is 12.8 Å². The predicted octanol–water partition coefficient (Wildman–Crippen LogP) is 3.92. The lowest BCUT2D eigenvalue weighted by Gasteiger charge is -2.02. The molecular formula is C18H14ClNO4. The minimum absolute atomic E-state index is 0.107. The molecule has 0 atom stereocenters. The first kappa shape index (κ1) is 16.1. The molecule has 0 bridgehead atoms. The van der Waals surface area contributed by atoms with Crippen LogP contribution in [0.25, 0.3) is 11.0 Å². The van der Waals surface area contributed by atoms with Crippen molar-refractivity contribution in [2.24, 2.45) is 0 Å². The smallest absolute Gasteiger partial charge is 0.303 e. The summed E-state index contributed by atoms with van der Waals surface area (Å²) in [5.74, 6) is -1.13. The Hall–Kier alpha value is -2.79. The van der Waals surface area contributed by atoms with Crippen LogP contribution in [0.2, 0.25) is 5.02 Å². The van der Waals surface area contributed by atoms with Gasteiger partial charge in [0, 0.05) is 33.6 Å². The normalized spacial score (nSPS) is 10.9. The molecule has 1 aromatic heterocycles. The molecule has 5 nitrogen and oxygen atoms in total. The van der Waals surface area contributed by atoms with Crippen LogP contribution in [0.4, 0.5) is 5.69 Å². The maximum Gasteiger partial charge on any atom is 0.303 e. The molecule has 0 unspecified atom stereocenters. The average molecular weight is 344 g/mol. The van der Waals surface area contributed by atoms with E-state index in [1.807, 2.05) is 0 Å². The molecule has 122 valence electrons. The van der Waals surface area contributed by atoms with E-state index < -0.39 is 5.97 Å². The third-order valence-corrected chi connectivity index (χ3v) is 3.97. The summed E-state index contributed by atoms with van der Waals surface area (Å²) in [6.07, 6.45) is 0.0742. The summed E-state index contributed by atoms with van der Waals surface area (Å²) in [5.41, 5.74) is 7.80. The number of benzene rings is 2. The Balaban J connectivity index is 2.11. The number of halogens is 1. The Labute approximate surface area is 142 Å². The molecule has 2 aromatic carbocycles. The summed E-state index contributed by atoms with van der Waals surface area (Å²) >= 11 is 5.85. The number of aliphatic carboxylic acids is 1. The van der Waals surface area contributed by atoms with Gasteiger partial charge in [-0.1, -0.05) is 11.6 Å². The molecule has 3 N–H and O–H groups in total. The number of carboxylic acid groups (broad SMARTS) is 1. The van der Waals surface area contributed by atoms with Gasteiger partial charge in [-0.15, -0.1) is 0 Å². The van der Waals surface area contributed by atoms with Crippen LogP contribution in [0.3, 0.4) is 0 Å². The maximum atomic E-state index is 12.8. The Kier molecular flexibility index (Phi) is 4.27. The first-order valence-electron chi connectivity index (χ1n) is 7.28. The molecule has 0 spiro atoms. The van der Waals surface area contributed by atoms with E-state index in [-0.39, 0.29) is 24.4 Å². The average Bonchev–Trinajstić information content (AvgIpc) is 2.90. The molecule has 0 saturated carbocycles. The van der Waals surface area contributed by atoms with Crippen LogP contribution < -0.4 is 5.73 Å². The number of fused-ring (bicyclic) bond motifs is 1. The van der Waals surface area contributed by atoms with Crippen molar-refractivity contribution in [3.8, 4) is 0 Å². The molecule has 0 saturated heterocycles. The number of carbonyl (C=O) groups excluding carboxylic acids is 1. The number of nitrogen functional groups attached to an aromatic ring is 1. The lowest BCUT2D eigenvalue weighted by Crippen LogP contribution is -2.05. The fraction of sp³-hybridized carbons (Fsp3) is 0.111. The van der Waals surface area contributed by atoms with Gasteiger partial charge in [0.15, 0.2) is 5.76 Å². The largest absolute Gasteiger partial charge is 0.481 e. The number of furan rings is 1. The number of nitrogens with two attached hydrogens (primary N) is 1. The number of aryl methyl sites for hydroxylation is 1. The Bertz CT molecular complexity index is 928. The zero-order valence-electron chi connectivity index (χ0n) is 12.6. The Morgan fingerprint density at radius 3 is 2.50 bits per heavy atom. The van der Waals surface area contributed by atoms with Crippen LogP contribution in [-0.2, 0) is 11.2 Å². The minimum atomic E-state index is -0.946. The lowest BCUT2D eigenvalue weighted by molar-refractivity contribution is -0.136. The minimum Gasteiger partial charge on any atom is -0.481 e. The van der Waals surface area contributed by atoms with E-state index in [4.69, 9.17) is 26.9 Å². The molecule has 3 rings (SSSR count). The molecule has 24 heavy (non-hydrogen) atoms. The van der Waals surface area contributed by atoms with Gasteiger partial charge in [-0.05, 0) is 48.9 Å². The van der Waals surface area contributed by atoms with Crippen LogP contribution >= 0.6 is 11.6 Å². The van der Waals surface area contributed by atoms with Crippen LogP contribution in [0.15, 0.2) is 46.9 Å². The molecule has 0 radical (unpaired) electrons. The molecule has 0 fully saturated rings. The standard InChI is InChI=1S/C18H14ClNO4/c19-11-3-1-10(2-4-11)17(23)18-13(6-8-16(21)22)14-9-12(20)5-7-15(14)24-18/h1-5,7,9H,6,8,20H2,(H,21,22). The first-order chi connectivity index (χ1) is 11.5. The van der Waals surface area contributed by atoms with Gasteiger partial charge in [0.05, 0.1) is 0 Å². The van der Waals surface area contributed by atoms with E-state index in [1.165, 1.54) is 0 Å². The van der Waals surface area contributed by atoms with E-state index in [1.54, 1.807) is 42.5 Å². The summed E-state index contributed by atoms with van der Waals surface area (Å²) in [6.45, 7) is 0.